The zero-order chi connectivity index (χ0) is 26.6. The standard InChI is InChI=1S/C37H21NOS/c38-22-23-8-5-9-24(18-23)25-19-26(28-12-6-15-33-36(28)30-10-1-3-14-32(30)39-33)21-27(20-25)29-13-7-17-35-37(29)31-11-2-4-16-34(31)40-35/h1-21H. The highest BCUT2D eigenvalue weighted by molar-refractivity contribution is 7.25. The molecule has 6 aromatic carbocycles. The first kappa shape index (κ1) is 22.8. The van der Waals surface area contributed by atoms with Crippen molar-refractivity contribution in [2.75, 3.05) is 0 Å². The minimum Gasteiger partial charge on any atom is -0.456 e. The van der Waals surface area contributed by atoms with E-state index in [9.17, 15) is 5.26 Å². The van der Waals surface area contributed by atoms with Gasteiger partial charge in [0.1, 0.15) is 11.2 Å². The van der Waals surface area contributed by atoms with Gasteiger partial charge < -0.3 is 4.42 Å². The summed E-state index contributed by atoms with van der Waals surface area (Å²) in [7, 11) is 0. The third kappa shape index (κ3) is 3.55. The maximum Gasteiger partial charge on any atom is 0.136 e. The van der Waals surface area contributed by atoms with Crippen molar-refractivity contribution < 1.29 is 4.42 Å². The van der Waals surface area contributed by atoms with E-state index in [1.165, 1.54) is 25.7 Å². The van der Waals surface area contributed by atoms with E-state index in [4.69, 9.17) is 4.42 Å². The molecule has 0 radical (unpaired) electrons. The van der Waals surface area contributed by atoms with Gasteiger partial charge in [-0.15, -0.1) is 11.3 Å². The SMILES string of the molecule is N#Cc1cccc(-c2cc(-c3cccc4oc5ccccc5c34)cc(-c3cccc4sc5ccccc5c34)c2)c1. The van der Waals surface area contributed by atoms with Crippen molar-refractivity contribution in [2.45, 2.75) is 0 Å². The van der Waals surface area contributed by atoms with Crippen LogP contribution in [0.15, 0.2) is 132 Å². The number of rotatable bonds is 3. The quantitative estimate of drug-likeness (QED) is 0.229. The molecule has 8 rings (SSSR count). The van der Waals surface area contributed by atoms with Gasteiger partial charge in [0.15, 0.2) is 0 Å². The summed E-state index contributed by atoms with van der Waals surface area (Å²) in [5, 5.41) is 14.4. The van der Waals surface area contributed by atoms with Gasteiger partial charge in [-0.3, -0.25) is 0 Å². The molecule has 0 saturated heterocycles. The van der Waals surface area contributed by atoms with Crippen LogP contribution >= 0.6 is 11.3 Å². The highest BCUT2D eigenvalue weighted by atomic mass is 32.1. The Morgan fingerprint density at radius 2 is 1.15 bits per heavy atom. The normalized spacial score (nSPS) is 11.5. The molecule has 0 bridgehead atoms. The van der Waals surface area contributed by atoms with E-state index in [0.717, 1.165) is 49.8 Å². The van der Waals surface area contributed by atoms with Crippen LogP contribution in [0.4, 0.5) is 0 Å². The fourth-order valence-electron chi connectivity index (χ4n) is 5.90. The van der Waals surface area contributed by atoms with Gasteiger partial charge in [-0.25, -0.2) is 0 Å². The number of hydrogen-bond acceptors (Lipinski definition) is 3. The molecule has 0 N–H and O–H groups in total. The van der Waals surface area contributed by atoms with Gasteiger partial charge in [0.05, 0.1) is 11.6 Å². The summed E-state index contributed by atoms with van der Waals surface area (Å²) in [6, 6.07) is 46.7. The van der Waals surface area contributed by atoms with E-state index in [2.05, 4.69) is 97.1 Å². The number of benzene rings is 6. The van der Waals surface area contributed by atoms with Gasteiger partial charge >= 0.3 is 0 Å². The Bertz CT molecular complexity index is 2160. The second kappa shape index (κ2) is 8.95. The minimum atomic E-state index is 0.651. The van der Waals surface area contributed by atoms with Crippen molar-refractivity contribution in [3.8, 4) is 39.4 Å². The van der Waals surface area contributed by atoms with E-state index in [0.29, 0.717) is 5.56 Å². The summed E-state index contributed by atoms with van der Waals surface area (Å²) < 4.78 is 8.80. The predicted octanol–water partition coefficient (Wildman–Crippen LogP) is 10.8. The van der Waals surface area contributed by atoms with Gasteiger partial charge in [-0.2, -0.15) is 5.26 Å². The fourth-order valence-corrected chi connectivity index (χ4v) is 7.04. The highest BCUT2D eigenvalue weighted by Crippen LogP contribution is 2.43. The van der Waals surface area contributed by atoms with E-state index in [1.54, 1.807) is 0 Å². The lowest BCUT2D eigenvalue weighted by molar-refractivity contribution is 0.669. The molecule has 0 aliphatic rings. The molecular formula is C37H21NOS. The number of hydrogen-bond donors (Lipinski definition) is 0. The van der Waals surface area contributed by atoms with Crippen LogP contribution in [0.5, 0.6) is 0 Å². The van der Waals surface area contributed by atoms with Crippen LogP contribution in [0, 0.1) is 11.3 Å². The molecule has 0 amide bonds. The van der Waals surface area contributed by atoms with Crippen LogP contribution in [0.2, 0.25) is 0 Å². The van der Waals surface area contributed by atoms with Crippen molar-refractivity contribution in [3.05, 3.63) is 133 Å². The molecule has 0 aliphatic heterocycles. The Hall–Kier alpha value is -5.17. The van der Waals surface area contributed by atoms with Gasteiger partial charge in [0.2, 0.25) is 0 Å². The van der Waals surface area contributed by atoms with Crippen molar-refractivity contribution in [1.29, 1.82) is 5.26 Å². The van der Waals surface area contributed by atoms with E-state index >= 15 is 0 Å². The third-order valence-electron chi connectivity index (χ3n) is 7.69. The van der Waals surface area contributed by atoms with Crippen LogP contribution in [-0.4, -0.2) is 0 Å². The smallest absolute Gasteiger partial charge is 0.136 e. The number of furan rings is 1. The van der Waals surface area contributed by atoms with E-state index in [-0.39, 0.29) is 0 Å². The Morgan fingerprint density at radius 1 is 0.500 bits per heavy atom. The fraction of sp³-hybridized carbons (Fsp3) is 0. The van der Waals surface area contributed by atoms with Crippen LogP contribution in [0.1, 0.15) is 5.56 Å². The van der Waals surface area contributed by atoms with Crippen LogP contribution in [-0.2, 0) is 0 Å². The molecule has 0 fully saturated rings. The number of para-hydroxylation sites is 1. The number of nitrogens with zero attached hydrogens (tertiary/aromatic N) is 1. The second-order valence-electron chi connectivity index (χ2n) is 10.0. The summed E-state index contributed by atoms with van der Waals surface area (Å²) in [6.45, 7) is 0. The van der Waals surface area contributed by atoms with Crippen molar-refractivity contribution in [1.82, 2.24) is 0 Å². The van der Waals surface area contributed by atoms with Crippen LogP contribution < -0.4 is 0 Å². The summed E-state index contributed by atoms with van der Waals surface area (Å²) in [5.74, 6) is 0. The van der Waals surface area contributed by atoms with Crippen molar-refractivity contribution in [2.24, 2.45) is 0 Å². The lowest BCUT2D eigenvalue weighted by atomic mass is 9.90. The molecule has 2 aromatic heterocycles. The topological polar surface area (TPSA) is 36.9 Å². The second-order valence-corrected chi connectivity index (χ2v) is 11.1. The summed E-state index contributed by atoms with van der Waals surface area (Å²) >= 11 is 1.83. The molecule has 186 valence electrons. The molecule has 0 atom stereocenters. The average molecular weight is 528 g/mol. The maximum absolute atomic E-state index is 9.61. The summed E-state index contributed by atoms with van der Waals surface area (Å²) in [5.41, 5.74) is 9.11. The lowest BCUT2D eigenvalue weighted by Gasteiger charge is -2.13. The Balaban J connectivity index is 1.46. The largest absolute Gasteiger partial charge is 0.456 e. The van der Waals surface area contributed by atoms with Gasteiger partial charge in [0.25, 0.3) is 0 Å². The molecule has 0 saturated carbocycles. The Morgan fingerprint density at radius 3 is 2.00 bits per heavy atom. The van der Waals surface area contributed by atoms with E-state index < -0.39 is 0 Å². The first-order valence-corrected chi connectivity index (χ1v) is 14.1. The van der Waals surface area contributed by atoms with Crippen LogP contribution in [0.3, 0.4) is 0 Å². The summed E-state index contributed by atoms with van der Waals surface area (Å²) in [6.07, 6.45) is 0. The molecule has 0 unspecified atom stereocenters. The lowest BCUT2D eigenvalue weighted by Crippen LogP contribution is -1.88. The Kier molecular flexibility index (Phi) is 5.10. The molecule has 40 heavy (non-hydrogen) atoms. The maximum atomic E-state index is 9.61. The third-order valence-corrected chi connectivity index (χ3v) is 8.82. The molecule has 0 aliphatic carbocycles. The first-order chi connectivity index (χ1) is 19.8. The monoisotopic (exact) mass is 527 g/mol. The number of fused-ring (bicyclic) bond motifs is 6. The molecule has 2 nitrogen and oxygen atoms in total. The molecule has 0 spiro atoms. The van der Waals surface area contributed by atoms with Gasteiger partial charge in [-0.05, 0) is 88.0 Å². The van der Waals surface area contributed by atoms with Gasteiger partial charge in [-0.1, -0.05) is 72.8 Å². The van der Waals surface area contributed by atoms with Gasteiger partial charge in [0, 0.05) is 30.9 Å². The number of nitriles is 1. The molecule has 8 aromatic rings. The zero-order valence-electron chi connectivity index (χ0n) is 21.4. The van der Waals surface area contributed by atoms with Crippen molar-refractivity contribution >= 4 is 53.4 Å². The zero-order valence-corrected chi connectivity index (χ0v) is 22.2. The Labute approximate surface area is 235 Å². The highest BCUT2D eigenvalue weighted by Gasteiger charge is 2.16. The van der Waals surface area contributed by atoms with E-state index in [1.807, 2.05) is 47.7 Å². The first-order valence-electron chi connectivity index (χ1n) is 13.2. The average Bonchev–Trinajstić information content (AvgIpc) is 3.59. The molecule has 2 heterocycles. The molecular weight excluding hydrogens is 506 g/mol. The van der Waals surface area contributed by atoms with Crippen molar-refractivity contribution in [3.63, 3.8) is 0 Å². The van der Waals surface area contributed by atoms with Crippen LogP contribution in [0.25, 0.3) is 75.5 Å². The molecule has 3 heteroatoms. The summed E-state index contributed by atoms with van der Waals surface area (Å²) in [4.78, 5) is 0. The predicted molar refractivity (Wildman–Crippen MR) is 168 cm³/mol. The number of thiophene rings is 1. The minimum absolute atomic E-state index is 0.651.